The Labute approximate surface area is 143 Å². The average Bonchev–Trinajstić information content (AvgIpc) is 3.16. The van der Waals surface area contributed by atoms with Crippen LogP contribution in [0.25, 0.3) is 0 Å². The predicted octanol–water partition coefficient (Wildman–Crippen LogP) is 1.88. The maximum absolute atomic E-state index is 12.7. The van der Waals surface area contributed by atoms with Gasteiger partial charge in [0, 0.05) is 5.69 Å². The number of tetrazole rings is 1. The number of methoxy groups -OCH3 is 1. The monoisotopic (exact) mass is 339 g/mol. The van der Waals surface area contributed by atoms with Crippen LogP contribution in [-0.2, 0) is 11.2 Å². The van der Waals surface area contributed by atoms with Crippen LogP contribution in [0.4, 0.5) is 5.69 Å². The lowest BCUT2D eigenvalue weighted by molar-refractivity contribution is -0.117. The van der Waals surface area contributed by atoms with Gasteiger partial charge in [-0.2, -0.15) is 5.21 Å². The molecule has 0 aliphatic heterocycles. The van der Waals surface area contributed by atoms with Gasteiger partial charge in [-0.05, 0) is 36.2 Å². The molecule has 3 N–H and O–H groups in total. The summed E-state index contributed by atoms with van der Waals surface area (Å²) >= 11 is 0. The molecule has 0 spiro atoms. The summed E-state index contributed by atoms with van der Waals surface area (Å²) < 4.78 is 5.11. The molecule has 0 fully saturated rings. The lowest BCUT2D eigenvalue weighted by Crippen LogP contribution is -2.24. The fourth-order valence-corrected chi connectivity index (χ4v) is 2.45. The Bertz CT molecular complexity index is 837. The lowest BCUT2D eigenvalue weighted by atomic mass is 9.97. The minimum atomic E-state index is -0.645. The van der Waals surface area contributed by atoms with Gasteiger partial charge in [0.25, 0.3) is 0 Å². The van der Waals surface area contributed by atoms with E-state index in [-0.39, 0.29) is 11.7 Å². The summed E-state index contributed by atoms with van der Waals surface area (Å²) in [5.74, 6) is -0.225. The van der Waals surface area contributed by atoms with Crippen molar-refractivity contribution in [3.8, 4) is 11.5 Å². The fourth-order valence-electron chi connectivity index (χ4n) is 2.45. The summed E-state index contributed by atoms with van der Waals surface area (Å²) in [6.45, 7) is 0. The summed E-state index contributed by atoms with van der Waals surface area (Å²) in [5.41, 5.74) is 1.48. The van der Waals surface area contributed by atoms with E-state index in [9.17, 15) is 9.90 Å². The zero-order chi connectivity index (χ0) is 17.6. The summed E-state index contributed by atoms with van der Waals surface area (Å²) in [5, 5.41) is 26.4. The van der Waals surface area contributed by atoms with Gasteiger partial charge in [-0.15, -0.1) is 10.2 Å². The molecule has 0 aliphatic rings. The molecule has 25 heavy (non-hydrogen) atoms. The maximum Gasteiger partial charge on any atom is 0.235 e. The van der Waals surface area contributed by atoms with Crippen LogP contribution in [0.5, 0.6) is 11.5 Å². The predicted molar refractivity (Wildman–Crippen MR) is 90.4 cm³/mol. The number of phenols is 1. The van der Waals surface area contributed by atoms with Gasteiger partial charge in [0.2, 0.25) is 5.91 Å². The smallest absolute Gasteiger partial charge is 0.235 e. The van der Waals surface area contributed by atoms with Crippen LogP contribution in [0, 0.1) is 0 Å². The first-order chi connectivity index (χ1) is 12.2. The van der Waals surface area contributed by atoms with Crippen molar-refractivity contribution < 1.29 is 14.6 Å². The second kappa shape index (κ2) is 7.43. The van der Waals surface area contributed by atoms with Crippen molar-refractivity contribution in [3.63, 3.8) is 0 Å². The molecule has 3 aromatic rings. The van der Waals surface area contributed by atoms with Crippen LogP contribution in [0.3, 0.4) is 0 Å². The third-order valence-corrected chi connectivity index (χ3v) is 3.72. The first-order valence-electron chi connectivity index (χ1n) is 7.62. The van der Waals surface area contributed by atoms with Gasteiger partial charge in [-0.1, -0.05) is 29.5 Å². The number of carbonyl (C=O) groups excluding carboxylic acids is 1. The average molecular weight is 339 g/mol. The van der Waals surface area contributed by atoms with E-state index in [4.69, 9.17) is 4.74 Å². The van der Waals surface area contributed by atoms with Gasteiger partial charge in [0.05, 0.1) is 7.11 Å². The number of rotatable bonds is 6. The molecule has 8 nitrogen and oxygen atoms in total. The standard InChI is InChI=1S/C17H17N5O3/c1-25-15-10-11(7-8-14(15)23)9-13(16-19-21-22-20-16)17(24)18-12-5-3-2-4-6-12/h2-8,10,13,23H,9H2,1H3,(H,18,24)(H,19,20,21,22). The number of aromatic amines is 1. The first kappa shape index (κ1) is 16.4. The second-order valence-corrected chi connectivity index (χ2v) is 5.39. The molecular weight excluding hydrogens is 322 g/mol. The SMILES string of the molecule is COc1cc(CC(C(=O)Nc2ccccc2)c2nn[nH]n2)ccc1O. The van der Waals surface area contributed by atoms with E-state index in [0.717, 1.165) is 5.56 Å². The molecule has 0 bridgehead atoms. The number of ether oxygens (including phenoxy) is 1. The van der Waals surface area contributed by atoms with Gasteiger partial charge in [-0.3, -0.25) is 4.79 Å². The molecule has 0 aliphatic carbocycles. The number of nitrogens with zero attached hydrogens (tertiary/aromatic N) is 3. The Morgan fingerprint density at radius 1 is 1.28 bits per heavy atom. The van der Waals surface area contributed by atoms with E-state index < -0.39 is 5.92 Å². The molecule has 1 amide bonds. The van der Waals surface area contributed by atoms with Gasteiger partial charge in [0.15, 0.2) is 17.3 Å². The lowest BCUT2D eigenvalue weighted by Gasteiger charge is -2.14. The molecule has 0 saturated heterocycles. The van der Waals surface area contributed by atoms with Crippen molar-refractivity contribution >= 4 is 11.6 Å². The number of phenolic OH excluding ortho intramolecular Hbond substituents is 1. The minimum absolute atomic E-state index is 0.0381. The second-order valence-electron chi connectivity index (χ2n) is 5.39. The summed E-state index contributed by atoms with van der Waals surface area (Å²) in [6.07, 6.45) is 0.328. The van der Waals surface area contributed by atoms with Crippen molar-refractivity contribution in [3.05, 3.63) is 59.9 Å². The highest BCUT2D eigenvalue weighted by Gasteiger charge is 2.26. The highest BCUT2D eigenvalue weighted by atomic mass is 16.5. The number of benzene rings is 2. The number of amides is 1. The quantitative estimate of drug-likeness (QED) is 0.632. The number of hydrogen-bond donors (Lipinski definition) is 3. The highest BCUT2D eigenvalue weighted by molar-refractivity contribution is 5.95. The Morgan fingerprint density at radius 3 is 2.76 bits per heavy atom. The van der Waals surface area contributed by atoms with Gasteiger partial charge in [0.1, 0.15) is 5.92 Å². The van der Waals surface area contributed by atoms with Crippen LogP contribution in [-0.4, -0.2) is 38.7 Å². The first-order valence-corrected chi connectivity index (χ1v) is 7.62. The van der Waals surface area contributed by atoms with Crippen LogP contribution in [0.15, 0.2) is 48.5 Å². The van der Waals surface area contributed by atoms with Crippen LogP contribution in [0.2, 0.25) is 0 Å². The third kappa shape index (κ3) is 3.92. The van der Waals surface area contributed by atoms with Crippen LogP contribution < -0.4 is 10.1 Å². The topological polar surface area (TPSA) is 113 Å². The normalized spacial score (nSPS) is 11.7. The van der Waals surface area contributed by atoms with Crippen molar-refractivity contribution in [2.75, 3.05) is 12.4 Å². The molecule has 128 valence electrons. The number of H-pyrrole nitrogens is 1. The number of carbonyl (C=O) groups is 1. The van der Waals surface area contributed by atoms with E-state index in [1.54, 1.807) is 24.3 Å². The summed E-state index contributed by atoms with van der Waals surface area (Å²) in [4.78, 5) is 12.7. The minimum Gasteiger partial charge on any atom is -0.504 e. The third-order valence-electron chi connectivity index (χ3n) is 3.72. The summed E-state index contributed by atoms with van der Waals surface area (Å²) in [7, 11) is 1.47. The van der Waals surface area contributed by atoms with Crippen molar-refractivity contribution in [1.82, 2.24) is 20.6 Å². The molecule has 3 rings (SSSR count). The molecule has 1 atom stereocenters. The molecule has 1 unspecified atom stereocenters. The zero-order valence-corrected chi connectivity index (χ0v) is 13.5. The van der Waals surface area contributed by atoms with Crippen LogP contribution in [0.1, 0.15) is 17.3 Å². The van der Waals surface area contributed by atoms with Crippen molar-refractivity contribution in [2.24, 2.45) is 0 Å². The molecule has 2 aromatic carbocycles. The number of nitrogens with one attached hydrogen (secondary N) is 2. The fraction of sp³-hybridized carbons (Fsp3) is 0.176. The number of anilines is 1. The number of aromatic nitrogens is 4. The van der Waals surface area contributed by atoms with Crippen LogP contribution >= 0.6 is 0 Å². The summed E-state index contributed by atoms with van der Waals surface area (Å²) in [6, 6.07) is 14.1. The molecule has 0 saturated carbocycles. The van der Waals surface area contributed by atoms with Crippen molar-refractivity contribution in [2.45, 2.75) is 12.3 Å². The number of hydrogen-bond acceptors (Lipinski definition) is 6. The van der Waals surface area contributed by atoms with Gasteiger partial charge in [-0.25, -0.2) is 0 Å². The number of para-hydroxylation sites is 1. The molecule has 0 radical (unpaired) electrons. The van der Waals surface area contributed by atoms with Gasteiger partial charge < -0.3 is 15.2 Å². The van der Waals surface area contributed by atoms with E-state index in [0.29, 0.717) is 23.7 Å². The Morgan fingerprint density at radius 2 is 2.08 bits per heavy atom. The van der Waals surface area contributed by atoms with E-state index >= 15 is 0 Å². The zero-order valence-electron chi connectivity index (χ0n) is 13.5. The highest BCUT2D eigenvalue weighted by Crippen LogP contribution is 2.29. The molecule has 8 heteroatoms. The van der Waals surface area contributed by atoms with E-state index in [2.05, 4.69) is 25.9 Å². The van der Waals surface area contributed by atoms with E-state index in [1.807, 2.05) is 18.2 Å². The Balaban J connectivity index is 1.84. The maximum atomic E-state index is 12.7. The Kier molecular flexibility index (Phi) is 4.89. The molecule has 1 heterocycles. The number of aromatic hydroxyl groups is 1. The Hall–Kier alpha value is -3.42. The van der Waals surface area contributed by atoms with Gasteiger partial charge >= 0.3 is 0 Å². The molecule has 1 aromatic heterocycles. The molecular formula is C17H17N5O3. The van der Waals surface area contributed by atoms with Crippen molar-refractivity contribution in [1.29, 1.82) is 0 Å². The van der Waals surface area contributed by atoms with E-state index in [1.165, 1.54) is 13.2 Å². The largest absolute Gasteiger partial charge is 0.504 e.